The van der Waals surface area contributed by atoms with Crippen molar-refractivity contribution < 1.29 is 19.4 Å². The first-order valence-corrected chi connectivity index (χ1v) is 7.83. The number of aromatic carboxylic acids is 1. The molecule has 0 amide bonds. The molecular formula is C19H17N3O4. The predicted octanol–water partition coefficient (Wildman–Crippen LogP) is 2.84. The number of carboxylic acid groups (broad SMARTS) is 1. The molecule has 0 aliphatic rings. The van der Waals surface area contributed by atoms with E-state index in [2.05, 4.69) is 15.0 Å². The van der Waals surface area contributed by atoms with Crippen LogP contribution in [0.1, 0.15) is 21.7 Å². The summed E-state index contributed by atoms with van der Waals surface area (Å²) in [5.41, 5.74) is 2.18. The van der Waals surface area contributed by atoms with Crippen LogP contribution in [0.25, 0.3) is 11.4 Å². The van der Waals surface area contributed by atoms with E-state index in [1.807, 2.05) is 18.2 Å². The molecule has 0 spiro atoms. The lowest BCUT2D eigenvalue weighted by Gasteiger charge is -2.09. The molecule has 3 rings (SSSR count). The molecule has 2 heterocycles. The van der Waals surface area contributed by atoms with Gasteiger partial charge in [0.25, 0.3) is 0 Å². The Kier molecular flexibility index (Phi) is 5.07. The number of benzene rings is 1. The van der Waals surface area contributed by atoms with E-state index in [0.29, 0.717) is 35.1 Å². The number of methoxy groups -OCH3 is 2. The highest BCUT2D eigenvalue weighted by Crippen LogP contribution is 2.28. The van der Waals surface area contributed by atoms with Crippen molar-refractivity contribution in [2.24, 2.45) is 0 Å². The molecule has 7 heteroatoms. The lowest BCUT2D eigenvalue weighted by molar-refractivity contribution is 0.0697. The third kappa shape index (κ3) is 3.77. The van der Waals surface area contributed by atoms with Crippen molar-refractivity contribution in [1.29, 1.82) is 0 Å². The summed E-state index contributed by atoms with van der Waals surface area (Å²) in [5.74, 6) is 0.878. The monoisotopic (exact) mass is 351 g/mol. The Morgan fingerprint density at radius 3 is 2.46 bits per heavy atom. The van der Waals surface area contributed by atoms with Gasteiger partial charge in [-0.1, -0.05) is 6.07 Å². The zero-order valence-corrected chi connectivity index (χ0v) is 14.3. The van der Waals surface area contributed by atoms with Gasteiger partial charge in [0, 0.05) is 18.8 Å². The number of rotatable bonds is 6. The summed E-state index contributed by atoms with van der Waals surface area (Å²) in [6.07, 6.45) is 3.58. The highest BCUT2D eigenvalue weighted by Gasteiger charge is 2.10. The van der Waals surface area contributed by atoms with E-state index in [9.17, 15) is 4.79 Å². The molecule has 0 saturated carbocycles. The molecule has 7 nitrogen and oxygen atoms in total. The molecule has 1 aromatic carbocycles. The number of aromatic nitrogens is 3. The highest BCUT2D eigenvalue weighted by molar-refractivity contribution is 5.88. The molecule has 2 aromatic heterocycles. The van der Waals surface area contributed by atoms with E-state index in [-0.39, 0.29) is 5.56 Å². The van der Waals surface area contributed by atoms with Crippen molar-refractivity contribution in [2.45, 2.75) is 6.42 Å². The van der Waals surface area contributed by atoms with E-state index in [4.69, 9.17) is 14.6 Å². The first kappa shape index (κ1) is 17.3. The van der Waals surface area contributed by atoms with Crippen LogP contribution in [0.3, 0.4) is 0 Å². The van der Waals surface area contributed by atoms with Gasteiger partial charge in [0.15, 0.2) is 11.5 Å². The molecule has 3 aromatic rings. The Labute approximate surface area is 150 Å². The maximum Gasteiger partial charge on any atom is 0.335 e. The second kappa shape index (κ2) is 7.60. The van der Waals surface area contributed by atoms with Gasteiger partial charge in [0.2, 0.25) is 0 Å². The summed E-state index contributed by atoms with van der Waals surface area (Å²) in [5, 5.41) is 9.12. The Bertz CT molecular complexity index is 944. The number of carbonyl (C=O) groups is 1. The average molecular weight is 351 g/mol. The molecule has 0 aliphatic heterocycles. The fourth-order valence-corrected chi connectivity index (χ4v) is 2.50. The first-order chi connectivity index (χ1) is 12.6. The van der Waals surface area contributed by atoms with E-state index >= 15 is 0 Å². The zero-order valence-electron chi connectivity index (χ0n) is 14.3. The van der Waals surface area contributed by atoms with Crippen molar-refractivity contribution in [2.75, 3.05) is 14.2 Å². The van der Waals surface area contributed by atoms with Gasteiger partial charge in [0.05, 0.1) is 31.2 Å². The van der Waals surface area contributed by atoms with Crippen LogP contribution in [0.4, 0.5) is 0 Å². The molecular weight excluding hydrogens is 334 g/mol. The summed E-state index contributed by atoms with van der Waals surface area (Å²) in [7, 11) is 3.17. The minimum absolute atomic E-state index is 0.162. The topological polar surface area (TPSA) is 94.4 Å². The van der Waals surface area contributed by atoms with Crippen LogP contribution in [0.5, 0.6) is 11.5 Å². The largest absolute Gasteiger partial charge is 0.493 e. The number of hydrogen-bond acceptors (Lipinski definition) is 6. The van der Waals surface area contributed by atoms with E-state index < -0.39 is 5.97 Å². The standard InChI is InChI=1S/C19H17N3O4/c1-25-16-4-3-12(9-17(16)26-2)10-18-21-8-6-14(22-18)15-11-13(19(23)24)5-7-20-15/h3-9,11H,10H2,1-2H3,(H,23,24). The van der Waals surface area contributed by atoms with Gasteiger partial charge in [-0.3, -0.25) is 4.98 Å². The van der Waals surface area contributed by atoms with E-state index in [0.717, 1.165) is 5.56 Å². The normalized spacial score (nSPS) is 10.4. The molecule has 1 N–H and O–H groups in total. The number of ether oxygens (including phenoxy) is 2. The molecule has 0 unspecified atom stereocenters. The SMILES string of the molecule is COc1ccc(Cc2nccc(-c3cc(C(=O)O)ccn3)n2)cc1OC. The number of pyridine rings is 1. The first-order valence-electron chi connectivity index (χ1n) is 7.83. The Morgan fingerprint density at radius 1 is 0.962 bits per heavy atom. The fourth-order valence-electron chi connectivity index (χ4n) is 2.50. The molecule has 0 radical (unpaired) electrons. The molecule has 0 fully saturated rings. The molecule has 0 aliphatic carbocycles. The van der Waals surface area contributed by atoms with Gasteiger partial charge in [0.1, 0.15) is 5.82 Å². The van der Waals surface area contributed by atoms with Crippen LogP contribution in [-0.2, 0) is 6.42 Å². The maximum absolute atomic E-state index is 11.1. The van der Waals surface area contributed by atoms with Gasteiger partial charge in [-0.2, -0.15) is 0 Å². The van der Waals surface area contributed by atoms with Crippen molar-refractivity contribution in [3.8, 4) is 22.9 Å². The highest BCUT2D eigenvalue weighted by atomic mass is 16.5. The molecule has 132 valence electrons. The van der Waals surface area contributed by atoms with E-state index in [1.165, 1.54) is 18.3 Å². The number of hydrogen-bond donors (Lipinski definition) is 1. The summed E-state index contributed by atoms with van der Waals surface area (Å²) < 4.78 is 10.5. The van der Waals surface area contributed by atoms with Gasteiger partial charge in [-0.15, -0.1) is 0 Å². The average Bonchev–Trinajstić information content (AvgIpc) is 2.68. The lowest BCUT2D eigenvalue weighted by Crippen LogP contribution is -2.01. The van der Waals surface area contributed by atoms with Gasteiger partial charge in [-0.05, 0) is 35.9 Å². The maximum atomic E-state index is 11.1. The molecule has 0 bridgehead atoms. The summed E-state index contributed by atoms with van der Waals surface area (Å²) in [6, 6.07) is 10.3. The van der Waals surface area contributed by atoms with Gasteiger partial charge >= 0.3 is 5.97 Å². The van der Waals surface area contributed by atoms with Gasteiger partial charge < -0.3 is 14.6 Å². The van der Waals surface area contributed by atoms with Crippen LogP contribution in [0, 0.1) is 0 Å². The van der Waals surface area contributed by atoms with Crippen LogP contribution < -0.4 is 9.47 Å². The minimum atomic E-state index is -1.01. The second-order valence-electron chi connectivity index (χ2n) is 5.46. The summed E-state index contributed by atoms with van der Waals surface area (Å²) >= 11 is 0. The van der Waals surface area contributed by atoms with Crippen molar-refractivity contribution >= 4 is 5.97 Å². The number of nitrogens with zero attached hydrogens (tertiary/aromatic N) is 3. The minimum Gasteiger partial charge on any atom is -0.493 e. The van der Waals surface area contributed by atoms with Crippen LogP contribution in [0.15, 0.2) is 48.8 Å². The summed E-state index contributed by atoms with van der Waals surface area (Å²) in [4.78, 5) is 24.1. The Hall–Kier alpha value is -3.48. The van der Waals surface area contributed by atoms with Gasteiger partial charge in [-0.25, -0.2) is 14.8 Å². The van der Waals surface area contributed by atoms with Crippen LogP contribution >= 0.6 is 0 Å². The molecule has 26 heavy (non-hydrogen) atoms. The second-order valence-corrected chi connectivity index (χ2v) is 5.46. The zero-order chi connectivity index (χ0) is 18.5. The lowest BCUT2D eigenvalue weighted by atomic mass is 10.1. The third-order valence-electron chi connectivity index (χ3n) is 3.78. The predicted molar refractivity (Wildman–Crippen MR) is 94.6 cm³/mol. The Morgan fingerprint density at radius 2 is 1.73 bits per heavy atom. The summed E-state index contributed by atoms with van der Waals surface area (Å²) in [6.45, 7) is 0. The van der Waals surface area contributed by atoms with Crippen molar-refractivity contribution in [3.63, 3.8) is 0 Å². The van der Waals surface area contributed by atoms with Crippen LogP contribution in [-0.4, -0.2) is 40.2 Å². The van der Waals surface area contributed by atoms with E-state index in [1.54, 1.807) is 26.5 Å². The number of carboxylic acids is 1. The molecule has 0 atom stereocenters. The van der Waals surface area contributed by atoms with Crippen molar-refractivity contribution in [1.82, 2.24) is 15.0 Å². The van der Waals surface area contributed by atoms with Crippen LogP contribution in [0.2, 0.25) is 0 Å². The quantitative estimate of drug-likeness (QED) is 0.729. The third-order valence-corrected chi connectivity index (χ3v) is 3.78. The van der Waals surface area contributed by atoms with Crippen molar-refractivity contribution in [3.05, 3.63) is 65.7 Å². The smallest absolute Gasteiger partial charge is 0.335 e. The Balaban J connectivity index is 1.88. The fraction of sp³-hybridized carbons (Fsp3) is 0.158. The molecule has 0 saturated heterocycles.